The number of aliphatic hydroxyl groups excluding tert-OH is 1. The largest absolute Gasteiger partial charge is 0.477 e. The minimum absolute atomic E-state index is 0.0239. The Morgan fingerprint density at radius 1 is 0.634 bits per heavy atom. The van der Waals surface area contributed by atoms with Crippen LogP contribution >= 0.6 is 0 Å². The minimum Gasteiger partial charge on any atom is -0.477 e. The summed E-state index contributed by atoms with van der Waals surface area (Å²) >= 11 is 0. The number of quaternary nitrogens is 1. The van der Waals surface area contributed by atoms with Gasteiger partial charge in [-0.15, -0.1) is 0 Å². The number of aliphatic carboxylic acids is 1. The van der Waals surface area contributed by atoms with E-state index in [1.165, 1.54) is 116 Å². The number of carbonyl (C=O) groups is 2. The fourth-order valence-electron chi connectivity index (χ4n) is 5.27. The molecule has 2 N–H and O–H groups in total. The van der Waals surface area contributed by atoms with Gasteiger partial charge in [0, 0.05) is 12.8 Å². The molecule has 41 heavy (non-hydrogen) atoms. The first-order valence-electron chi connectivity index (χ1n) is 17.1. The van der Waals surface area contributed by atoms with Crippen molar-refractivity contribution in [3.63, 3.8) is 0 Å². The van der Waals surface area contributed by atoms with E-state index in [0.29, 0.717) is 17.3 Å². The summed E-state index contributed by atoms with van der Waals surface area (Å²) in [5, 5.41) is 19.3. The highest BCUT2D eigenvalue weighted by atomic mass is 16.5. The van der Waals surface area contributed by atoms with Gasteiger partial charge < -0.3 is 24.2 Å². The van der Waals surface area contributed by atoms with Crippen molar-refractivity contribution >= 4 is 11.9 Å². The average molecular weight is 587 g/mol. The molecule has 7 nitrogen and oxygen atoms in total. The molecule has 2 unspecified atom stereocenters. The normalized spacial score (nSPS) is 13.3. The topological polar surface area (TPSA) is 93.1 Å². The molecule has 0 fully saturated rings. The molecule has 0 heterocycles. The van der Waals surface area contributed by atoms with Crippen molar-refractivity contribution < 1.29 is 33.8 Å². The van der Waals surface area contributed by atoms with Crippen LogP contribution in [0, 0.1) is 0 Å². The molecule has 7 heteroatoms. The van der Waals surface area contributed by atoms with Crippen LogP contribution in [0.5, 0.6) is 0 Å². The van der Waals surface area contributed by atoms with Crippen molar-refractivity contribution in [3.05, 3.63) is 0 Å². The second kappa shape index (κ2) is 27.6. The Kier molecular flexibility index (Phi) is 26.8. The lowest BCUT2D eigenvalue weighted by Gasteiger charge is -2.31. The molecule has 0 aromatic heterocycles. The molecule has 0 aromatic rings. The predicted molar refractivity (Wildman–Crippen MR) is 169 cm³/mol. The van der Waals surface area contributed by atoms with E-state index < -0.39 is 18.1 Å². The number of hydrogen-bond donors (Lipinski definition) is 2. The van der Waals surface area contributed by atoms with E-state index >= 15 is 0 Å². The number of carbonyl (C=O) groups excluding carboxylic acids is 1. The van der Waals surface area contributed by atoms with Gasteiger partial charge in [-0.2, -0.15) is 0 Å². The van der Waals surface area contributed by atoms with Gasteiger partial charge >= 0.3 is 11.9 Å². The molecule has 0 amide bonds. The molecule has 0 saturated carbocycles. The number of hydrogen-bond acceptors (Lipinski definition) is 5. The Labute approximate surface area is 253 Å². The first-order valence-corrected chi connectivity index (χ1v) is 17.1. The SMILES string of the molecule is CCCCCCCCCCCCCCCCCCCCCCCC(=O)OCC(O)COCCC(C(=O)O)[N+](C)(C)C. The van der Waals surface area contributed by atoms with Crippen molar-refractivity contribution in [1.82, 2.24) is 0 Å². The molecule has 0 aromatic carbocycles. The number of carboxylic acids is 1. The number of carboxylic acid groups (broad SMARTS) is 1. The van der Waals surface area contributed by atoms with E-state index in [1.54, 1.807) is 0 Å². The zero-order chi connectivity index (χ0) is 30.6. The molecular weight excluding hydrogens is 518 g/mol. The third-order valence-corrected chi connectivity index (χ3v) is 7.99. The van der Waals surface area contributed by atoms with Crippen LogP contribution in [0.1, 0.15) is 155 Å². The smallest absolute Gasteiger partial charge is 0.362 e. The van der Waals surface area contributed by atoms with Gasteiger partial charge in [-0.1, -0.05) is 135 Å². The molecule has 0 aliphatic rings. The van der Waals surface area contributed by atoms with Gasteiger partial charge in [0.1, 0.15) is 12.7 Å². The summed E-state index contributed by atoms with van der Waals surface area (Å²) in [6.07, 6.45) is 27.9. The van der Waals surface area contributed by atoms with Crippen LogP contribution in [0.4, 0.5) is 0 Å². The summed E-state index contributed by atoms with van der Waals surface area (Å²) in [5.74, 6) is -1.14. The fourth-order valence-corrected chi connectivity index (χ4v) is 5.27. The molecular formula is C34H68NO6+. The molecule has 2 atom stereocenters. The quantitative estimate of drug-likeness (QED) is 0.0485. The molecule has 0 spiro atoms. The van der Waals surface area contributed by atoms with Crippen molar-refractivity contribution in [3.8, 4) is 0 Å². The second-order valence-electron chi connectivity index (χ2n) is 13.0. The first-order chi connectivity index (χ1) is 19.7. The van der Waals surface area contributed by atoms with Crippen molar-refractivity contribution in [2.24, 2.45) is 0 Å². The molecule has 0 bridgehead atoms. The third-order valence-electron chi connectivity index (χ3n) is 7.99. The highest BCUT2D eigenvalue weighted by Crippen LogP contribution is 2.15. The van der Waals surface area contributed by atoms with Crippen LogP contribution < -0.4 is 0 Å². The third kappa shape index (κ3) is 27.4. The monoisotopic (exact) mass is 587 g/mol. The second-order valence-corrected chi connectivity index (χ2v) is 13.0. The van der Waals surface area contributed by atoms with Crippen molar-refractivity contribution in [2.45, 2.75) is 167 Å². The summed E-state index contributed by atoms with van der Waals surface area (Å²) in [6, 6.07) is -0.570. The molecule has 0 aliphatic carbocycles. The van der Waals surface area contributed by atoms with Gasteiger partial charge in [-0.25, -0.2) is 4.79 Å². The van der Waals surface area contributed by atoms with Crippen molar-refractivity contribution in [2.75, 3.05) is 41.0 Å². The zero-order valence-electron chi connectivity index (χ0n) is 27.5. The van der Waals surface area contributed by atoms with Gasteiger partial charge in [0.15, 0.2) is 6.04 Å². The van der Waals surface area contributed by atoms with Gasteiger partial charge in [-0.05, 0) is 6.42 Å². The standard InChI is InChI=1S/C34H67NO6/c1-5-6-7-8-9-10-11-12-13-14-15-16-17-18-19-20-21-22-23-24-25-26-33(37)41-30-31(36)29-40-28-27-32(34(38)39)35(2,3)4/h31-32,36H,5-30H2,1-4H3/p+1. The maximum Gasteiger partial charge on any atom is 0.362 e. The number of aliphatic hydroxyl groups is 1. The first kappa shape index (κ1) is 39.8. The van der Waals surface area contributed by atoms with E-state index in [2.05, 4.69) is 6.92 Å². The van der Waals surface area contributed by atoms with Gasteiger partial charge in [-0.3, -0.25) is 4.79 Å². The van der Waals surface area contributed by atoms with Crippen LogP contribution in [0.15, 0.2) is 0 Å². The number of nitrogens with zero attached hydrogens (tertiary/aromatic N) is 1. The molecule has 0 saturated heterocycles. The van der Waals surface area contributed by atoms with Crippen LogP contribution in [0.25, 0.3) is 0 Å². The maximum absolute atomic E-state index is 11.9. The molecule has 0 radical (unpaired) electrons. The lowest BCUT2D eigenvalue weighted by Crippen LogP contribution is -2.50. The maximum atomic E-state index is 11.9. The Hall–Kier alpha value is -1.18. The van der Waals surface area contributed by atoms with Gasteiger partial charge in [0.25, 0.3) is 0 Å². The summed E-state index contributed by atoms with van der Waals surface area (Å²) in [7, 11) is 5.49. The summed E-state index contributed by atoms with van der Waals surface area (Å²) in [6.45, 7) is 2.45. The predicted octanol–water partition coefficient (Wildman–Crippen LogP) is 8.06. The Morgan fingerprint density at radius 2 is 1.02 bits per heavy atom. The minimum atomic E-state index is -0.897. The summed E-state index contributed by atoms with van der Waals surface area (Å²) in [5.41, 5.74) is 0. The van der Waals surface area contributed by atoms with Crippen molar-refractivity contribution in [1.29, 1.82) is 0 Å². The summed E-state index contributed by atoms with van der Waals surface area (Å²) in [4.78, 5) is 23.3. The number of rotatable bonds is 31. The number of esters is 1. The van der Waals surface area contributed by atoms with Crippen LogP contribution in [0.2, 0.25) is 0 Å². The van der Waals surface area contributed by atoms with Crippen LogP contribution in [0.3, 0.4) is 0 Å². The lowest BCUT2D eigenvalue weighted by molar-refractivity contribution is -0.887. The van der Waals surface area contributed by atoms with E-state index in [1.807, 2.05) is 21.1 Å². The molecule has 244 valence electrons. The highest BCUT2D eigenvalue weighted by molar-refractivity contribution is 5.72. The Bertz CT molecular complexity index is 607. The van der Waals surface area contributed by atoms with E-state index in [9.17, 15) is 19.8 Å². The highest BCUT2D eigenvalue weighted by Gasteiger charge is 2.30. The number of likely N-dealkylation sites (N-methyl/N-ethyl adjacent to an activating group) is 1. The molecule has 0 aliphatic heterocycles. The Morgan fingerprint density at radius 3 is 1.39 bits per heavy atom. The van der Waals surface area contributed by atoms with Gasteiger partial charge in [0.05, 0.1) is 34.4 Å². The van der Waals surface area contributed by atoms with Crippen LogP contribution in [-0.2, 0) is 19.1 Å². The lowest BCUT2D eigenvalue weighted by atomic mass is 10.0. The van der Waals surface area contributed by atoms with Crippen LogP contribution in [-0.4, -0.2) is 79.7 Å². The van der Waals surface area contributed by atoms with E-state index in [4.69, 9.17) is 9.47 Å². The van der Waals surface area contributed by atoms with E-state index in [0.717, 1.165) is 19.3 Å². The van der Waals surface area contributed by atoms with Gasteiger partial charge in [0.2, 0.25) is 0 Å². The Balaban J connectivity index is 3.40. The molecule has 0 rings (SSSR count). The van der Waals surface area contributed by atoms with E-state index in [-0.39, 0.29) is 25.8 Å². The number of ether oxygens (including phenoxy) is 2. The fraction of sp³-hybridized carbons (Fsp3) is 0.941. The average Bonchev–Trinajstić information content (AvgIpc) is 2.91. The zero-order valence-corrected chi connectivity index (χ0v) is 27.5. The number of unbranched alkanes of at least 4 members (excludes halogenated alkanes) is 20. The summed E-state index contributed by atoms with van der Waals surface area (Å²) < 4.78 is 10.9.